The number of furan rings is 1. The lowest BCUT2D eigenvalue weighted by Gasteiger charge is -2.54. The van der Waals surface area contributed by atoms with Gasteiger partial charge in [-0.25, -0.2) is 4.98 Å². The molecule has 0 fully saturated rings. The molecule has 5 aromatic heterocycles. The van der Waals surface area contributed by atoms with Gasteiger partial charge >= 0.3 is 0 Å². The average molecular weight is 1240 g/mol. The van der Waals surface area contributed by atoms with Crippen molar-refractivity contribution in [2.45, 2.75) is 19.9 Å². The fourth-order valence-corrected chi connectivity index (χ4v) is 25.5. The summed E-state index contributed by atoms with van der Waals surface area (Å²) in [5.74, 6) is 0.678. The largest absolute Gasteiger partial charge is 0.456 e. The van der Waals surface area contributed by atoms with Crippen LogP contribution >= 0.6 is 10.0 Å². The van der Waals surface area contributed by atoms with Crippen molar-refractivity contribution >= 4 is 540 Å². The maximum atomic E-state index is 8.03. The molecule has 2 bridgehead atoms. The van der Waals surface area contributed by atoms with Gasteiger partial charge in [0.1, 0.15) is 284 Å². The van der Waals surface area contributed by atoms with E-state index < -0.39 is 10.0 Å². The van der Waals surface area contributed by atoms with Crippen LogP contribution in [0.5, 0.6) is 0 Å². The second-order valence-corrected chi connectivity index (χ2v) is 34.1. The smallest absolute Gasteiger partial charge is 0.237 e. The van der Waals surface area contributed by atoms with Crippen molar-refractivity contribution in [1.82, 2.24) is 23.8 Å². The maximum Gasteiger partial charge on any atom is 0.237 e. The first-order valence-corrected chi connectivity index (χ1v) is 37.6. The molecule has 0 radical (unpaired) electrons. The topological polar surface area (TPSA) is 63.5 Å². The van der Waals surface area contributed by atoms with E-state index in [0.717, 1.165) is 44.6 Å². The van der Waals surface area contributed by atoms with Crippen molar-refractivity contribution in [3.63, 3.8) is 0 Å². The Hall–Kier alpha value is -5.92. The standard InChI is InChI=1S/C57H71B34N5OS/c58-11-4(18(65)53(39(11)86)98(54-40(87)30(77)25(72)31(78)41(54)88,55-42(89)32(79)26(73)33(80)43(55)90)56-44(91)24(71)17(64)10-9-16(63)21(68)29(76)38(85)51(9)97-52(10)56)2-1-3-93-57(92-2)96-48-6(13(60)20(67)28(75)37(48)84)8-15(62)23(70)35(82)46(50(8)96)94-45-34(81)22(69)14(61)7-5-12(59)19(66)27(74)36(83)47(5)95(3)49(7)45/h1,53,94H,58-91H2. The van der Waals surface area contributed by atoms with Crippen molar-refractivity contribution in [2.75, 3.05) is 0 Å². The Labute approximate surface area is 611 Å². The van der Waals surface area contributed by atoms with Crippen LogP contribution in [0.2, 0.25) is 0 Å². The lowest BCUT2D eigenvalue weighted by molar-refractivity contribution is 0.663. The number of aromatic amines is 1. The monoisotopic (exact) mass is 1250 g/mol. The van der Waals surface area contributed by atoms with E-state index in [1.165, 1.54) is 249 Å². The Morgan fingerprint density at radius 3 is 1.05 bits per heavy atom. The molecule has 0 amide bonds. The molecule has 0 spiro atoms. The summed E-state index contributed by atoms with van der Waals surface area (Å²) in [5, 5.41) is 7.49. The first-order valence-electron chi connectivity index (χ1n) is 35.9. The van der Waals surface area contributed by atoms with E-state index >= 15 is 0 Å². The van der Waals surface area contributed by atoms with Gasteiger partial charge in [-0.3, -0.25) is 8.80 Å². The van der Waals surface area contributed by atoms with E-state index in [9.17, 15) is 0 Å². The minimum atomic E-state index is -2.58. The van der Waals surface area contributed by atoms with Crippen LogP contribution < -0.4 is 169 Å². The van der Waals surface area contributed by atoms with Gasteiger partial charge in [0, 0.05) is 48.8 Å². The number of nitrogens with zero attached hydrogens (tertiary/aromatic N) is 4. The van der Waals surface area contributed by atoms with Crippen LogP contribution in [0.25, 0.3) is 93.6 Å². The van der Waals surface area contributed by atoms with Gasteiger partial charge in [0.15, 0.2) is 0 Å². The van der Waals surface area contributed by atoms with Crippen LogP contribution in [0, 0.1) is 0 Å². The number of hydrogen-bond donors (Lipinski definition) is 1. The Morgan fingerprint density at radius 2 is 0.612 bits per heavy atom. The van der Waals surface area contributed by atoms with Crippen molar-refractivity contribution < 1.29 is 4.42 Å². The van der Waals surface area contributed by atoms with E-state index in [-0.39, 0.29) is 5.25 Å². The molecule has 41 heteroatoms. The molecule has 13 aromatic rings. The van der Waals surface area contributed by atoms with Gasteiger partial charge in [-0.15, -0.1) is 54.6 Å². The molecule has 5 heterocycles. The molecule has 1 N–H and O–H groups in total. The molecule has 1 atom stereocenters. The number of allylic oxidation sites excluding steroid dienone is 2. The normalized spacial score (nSPS) is 14.1. The molecule has 0 aliphatic heterocycles. The molecule has 6 nitrogen and oxygen atoms in total. The van der Waals surface area contributed by atoms with Gasteiger partial charge in [0.2, 0.25) is 5.78 Å². The van der Waals surface area contributed by atoms with Crippen molar-refractivity contribution in [1.29, 1.82) is 0 Å². The summed E-state index contributed by atoms with van der Waals surface area (Å²) in [4.78, 5) is 21.2. The summed E-state index contributed by atoms with van der Waals surface area (Å²) in [6.45, 7) is 0. The second kappa shape index (κ2) is 23.0. The van der Waals surface area contributed by atoms with Crippen LogP contribution in [0.15, 0.2) is 41.6 Å². The zero-order valence-corrected chi connectivity index (χ0v) is 66.6. The lowest BCUT2D eigenvalue weighted by atomic mass is 9.62. The molecule has 0 saturated heterocycles. The van der Waals surface area contributed by atoms with E-state index in [2.05, 4.69) is 287 Å². The summed E-state index contributed by atoms with van der Waals surface area (Å²) in [7, 11) is 78.3. The Morgan fingerprint density at radius 1 is 0.296 bits per heavy atom. The molecule has 1 unspecified atom stereocenters. The molecule has 1 aliphatic carbocycles. The van der Waals surface area contributed by atoms with Gasteiger partial charge in [0.25, 0.3) is 0 Å². The fraction of sp³-hybridized carbons (Fsp3) is 0.0175. The van der Waals surface area contributed by atoms with Gasteiger partial charge in [0.05, 0.1) is 27.8 Å². The van der Waals surface area contributed by atoms with E-state index in [1.54, 1.807) is 0 Å². The highest BCUT2D eigenvalue weighted by Crippen LogP contribution is 2.74. The molecule has 8 aromatic carbocycles. The number of benzene rings is 8. The fourth-order valence-electron chi connectivity index (χ4n) is 19.3. The van der Waals surface area contributed by atoms with Gasteiger partial charge in [-0.2, -0.15) is 15.0 Å². The van der Waals surface area contributed by atoms with Crippen LogP contribution in [-0.2, 0) is 0 Å². The van der Waals surface area contributed by atoms with Gasteiger partial charge in [-0.1, -0.05) is 131 Å². The van der Waals surface area contributed by atoms with E-state index in [0.29, 0.717) is 5.78 Å². The highest BCUT2D eigenvalue weighted by Gasteiger charge is 2.50. The summed E-state index contributed by atoms with van der Waals surface area (Å²) >= 11 is 0. The summed E-state index contributed by atoms with van der Waals surface area (Å²) < 4.78 is 13.1. The summed E-state index contributed by atoms with van der Waals surface area (Å²) in [5.41, 5.74) is 56.8. The zero-order valence-electron chi connectivity index (χ0n) is 65.8. The molecular weight excluding hydrogens is 1170 g/mol. The Balaban J connectivity index is 1.31. The third-order valence-corrected chi connectivity index (χ3v) is 32.8. The highest BCUT2D eigenvalue weighted by atomic mass is 32.3. The third-order valence-electron chi connectivity index (χ3n) is 27.7. The second-order valence-electron chi connectivity index (χ2n) is 31.1. The molecule has 438 valence electrons. The summed E-state index contributed by atoms with van der Waals surface area (Å²) in [6.07, 6.45) is 0. The molecule has 14 rings (SSSR count). The van der Waals surface area contributed by atoms with E-state index in [4.69, 9.17) is 14.4 Å². The Kier molecular flexibility index (Phi) is 16.3. The SMILES string of the molecule is BC1=C(B)C(S(c2c(B)c(B)c(B)c(B)c2B)(c2c(B)c(B)c(B)c(B)c2B)c2c(B)c(B)c(B)c3c2oc2c(B)c(B)c(B)c(B)c23)C(B)=C1c1cc2nc(n1)n1c3c(B)c(B)c(B)c(B)c3c3c(B)c(B)c(B)c([nH]c4c(B)c(B)c(B)c5c6c(B)c(B)c(B)c(B)c6n2c45)c31. The highest BCUT2D eigenvalue weighted by molar-refractivity contribution is 8.35. The first kappa shape index (κ1) is 69.2. The molecule has 1 aliphatic rings. The van der Waals surface area contributed by atoms with Gasteiger partial charge in [-0.05, 0) is 26.1 Å². The predicted molar refractivity (Wildman–Crippen MR) is 541 cm³/mol. The molecule has 98 heavy (non-hydrogen) atoms. The lowest BCUT2D eigenvalue weighted by Crippen LogP contribution is -2.60. The predicted octanol–water partition coefficient (Wildman–Crippen LogP) is -42.3. The van der Waals surface area contributed by atoms with Gasteiger partial charge < -0.3 is 9.40 Å². The maximum absolute atomic E-state index is 8.03. The molecule has 0 saturated carbocycles. The number of H-pyrrole nitrogens is 1. The minimum Gasteiger partial charge on any atom is -0.456 e. The zero-order chi connectivity index (χ0) is 71.5. The number of rotatable bonds is 5. The first-order chi connectivity index (χ1) is 45.9. The minimum absolute atomic E-state index is 0.143. The average Bonchev–Trinajstić information content (AvgIpc) is 1.32. The number of nitrogens with one attached hydrogen (secondary N) is 1. The van der Waals surface area contributed by atoms with E-state index in [1.807, 2.05) is 0 Å². The van der Waals surface area contributed by atoms with Crippen LogP contribution in [-0.4, -0.2) is 296 Å². The number of aromatic nitrogens is 5. The summed E-state index contributed by atoms with van der Waals surface area (Å²) in [6, 6.07) is 2.41. The van der Waals surface area contributed by atoms with Crippen LogP contribution in [0.1, 0.15) is 5.69 Å². The number of hydrogen-bond acceptors (Lipinski definition) is 3. The quantitative estimate of drug-likeness (QED) is 0.175. The van der Waals surface area contributed by atoms with Crippen molar-refractivity contribution in [3.05, 3.63) is 28.2 Å². The van der Waals surface area contributed by atoms with Crippen LogP contribution in [0.4, 0.5) is 0 Å². The Bertz CT molecular complexity index is 5890. The molecular formula is C57H71B34N5OS. The van der Waals surface area contributed by atoms with Crippen molar-refractivity contribution in [3.8, 4) is 0 Å². The third kappa shape index (κ3) is 8.49. The number of fused-ring (bicyclic) bond motifs is 13. The van der Waals surface area contributed by atoms with Crippen LogP contribution in [0.3, 0.4) is 0 Å². The van der Waals surface area contributed by atoms with Crippen molar-refractivity contribution in [2.24, 2.45) is 0 Å².